The van der Waals surface area contributed by atoms with E-state index < -0.39 is 7.92 Å². The van der Waals surface area contributed by atoms with Crippen LogP contribution in [0.25, 0.3) is 0 Å². The molecule has 3 aromatic carbocycles. The molecule has 3 atom stereocenters. The van der Waals surface area contributed by atoms with Gasteiger partial charge in [-0.2, -0.15) is 0 Å². The summed E-state index contributed by atoms with van der Waals surface area (Å²) in [7, 11) is 7.90. The lowest BCUT2D eigenvalue weighted by Crippen LogP contribution is -2.44. The molecular weight excluding hydrogens is 459 g/mol. The lowest BCUT2D eigenvalue weighted by atomic mass is 9.97. The lowest BCUT2D eigenvalue weighted by Gasteiger charge is -2.29. The Hall–Kier alpha value is -2.07. The van der Waals surface area contributed by atoms with Gasteiger partial charge in [0.05, 0.1) is 0 Å². The first kappa shape index (κ1) is 28.5. The maximum absolute atomic E-state index is 3.89. The highest BCUT2D eigenvalue weighted by Crippen LogP contribution is 2.32. The number of likely N-dealkylation sites (N-methyl/N-ethyl adjacent to an activating group) is 2. The van der Waals surface area contributed by atoms with Gasteiger partial charge < -0.3 is 20.9 Å². The maximum Gasteiger partial charge on any atom is 0.0208 e. The summed E-state index contributed by atoms with van der Waals surface area (Å²) in [6.45, 7) is 4.20. The van der Waals surface area contributed by atoms with E-state index in [1.54, 1.807) is 0 Å². The third-order valence-corrected chi connectivity index (χ3v) is 9.29. The second-order valence-electron chi connectivity index (χ2n) is 9.86. The Morgan fingerprint density at radius 1 is 0.667 bits per heavy atom. The number of benzene rings is 3. The summed E-state index contributed by atoms with van der Waals surface area (Å²) >= 11 is 0. The van der Waals surface area contributed by atoms with Gasteiger partial charge >= 0.3 is 0 Å². The molecule has 4 nitrogen and oxygen atoms in total. The van der Waals surface area contributed by atoms with Crippen LogP contribution in [0, 0.1) is 0 Å². The molecule has 194 valence electrons. The van der Waals surface area contributed by atoms with Crippen LogP contribution in [0.4, 0.5) is 0 Å². The van der Waals surface area contributed by atoms with E-state index >= 15 is 0 Å². The van der Waals surface area contributed by atoms with Crippen LogP contribution in [0.1, 0.15) is 31.7 Å². The minimum absolute atomic E-state index is 0.449. The largest absolute Gasteiger partial charge is 0.317 e. The first-order valence-corrected chi connectivity index (χ1v) is 14.6. The molecule has 0 heterocycles. The summed E-state index contributed by atoms with van der Waals surface area (Å²) in [6, 6.07) is 32.6. The first-order chi connectivity index (χ1) is 17.5. The molecule has 36 heavy (non-hydrogen) atoms. The van der Waals surface area contributed by atoms with Crippen molar-refractivity contribution in [2.24, 2.45) is 0 Å². The normalized spacial score (nSPS) is 14.2. The van der Waals surface area contributed by atoms with Crippen LogP contribution in [0.15, 0.2) is 84.9 Å². The van der Waals surface area contributed by atoms with Crippen molar-refractivity contribution in [1.29, 1.82) is 0 Å². The molecule has 0 fully saturated rings. The Morgan fingerprint density at radius 3 is 1.64 bits per heavy atom. The van der Waals surface area contributed by atoms with Crippen molar-refractivity contribution in [2.45, 2.75) is 50.9 Å². The molecule has 0 saturated heterocycles. The second-order valence-corrected chi connectivity index (χ2v) is 12.1. The van der Waals surface area contributed by atoms with Crippen molar-refractivity contribution < 1.29 is 0 Å². The summed E-state index contributed by atoms with van der Waals surface area (Å²) in [5, 5.41) is 15.1. The average molecular weight is 505 g/mol. The van der Waals surface area contributed by atoms with E-state index in [1.165, 1.54) is 21.5 Å². The Balaban J connectivity index is 1.73. The highest BCUT2D eigenvalue weighted by Gasteiger charge is 2.20. The van der Waals surface area contributed by atoms with Crippen LogP contribution >= 0.6 is 7.92 Å². The van der Waals surface area contributed by atoms with E-state index in [2.05, 4.69) is 141 Å². The SMILES string of the molecule is CCC(CC(CC(CN(C)C)NC)NCc1ccc(P(c2ccccc2)c2ccccc2)cc1)NC. The van der Waals surface area contributed by atoms with E-state index in [9.17, 15) is 0 Å². The van der Waals surface area contributed by atoms with Gasteiger partial charge in [0, 0.05) is 31.2 Å². The molecule has 0 spiro atoms. The molecule has 0 aliphatic carbocycles. The molecule has 3 rings (SSSR count). The van der Waals surface area contributed by atoms with Gasteiger partial charge in [0.15, 0.2) is 0 Å². The van der Waals surface area contributed by atoms with E-state index in [0.29, 0.717) is 18.1 Å². The van der Waals surface area contributed by atoms with E-state index in [1.807, 2.05) is 0 Å². The quantitative estimate of drug-likeness (QED) is 0.275. The van der Waals surface area contributed by atoms with Crippen molar-refractivity contribution in [2.75, 3.05) is 34.7 Å². The maximum atomic E-state index is 3.89. The molecular formula is C31H45N4P. The van der Waals surface area contributed by atoms with E-state index in [4.69, 9.17) is 0 Å². The Labute approximate surface area is 220 Å². The number of nitrogens with zero attached hydrogens (tertiary/aromatic N) is 1. The molecule has 0 radical (unpaired) electrons. The fourth-order valence-corrected chi connectivity index (χ4v) is 7.07. The molecule has 3 N–H and O–H groups in total. The lowest BCUT2D eigenvalue weighted by molar-refractivity contribution is 0.293. The van der Waals surface area contributed by atoms with Crippen LogP contribution in [-0.4, -0.2) is 57.8 Å². The zero-order chi connectivity index (χ0) is 25.8. The van der Waals surface area contributed by atoms with Gasteiger partial charge in [0.1, 0.15) is 0 Å². The summed E-state index contributed by atoms with van der Waals surface area (Å²) in [5.74, 6) is 0. The minimum atomic E-state index is -0.561. The molecule has 0 saturated carbocycles. The van der Waals surface area contributed by atoms with E-state index in [-0.39, 0.29) is 0 Å². The average Bonchev–Trinajstić information content (AvgIpc) is 2.91. The predicted octanol–water partition coefficient (Wildman–Crippen LogP) is 3.83. The molecule has 3 unspecified atom stereocenters. The van der Waals surface area contributed by atoms with Gasteiger partial charge in [0.2, 0.25) is 0 Å². The Bertz CT molecular complexity index is 935. The number of hydrogen-bond donors (Lipinski definition) is 3. The highest BCUT2D eigenvalue weighted by atomic mass is 31.1. The molecule has 0 amide bonds. The van der Waals surface area contributed by atoms with Crippen molar-refractivity contribution in [3.8, 4) is 0 Å². The van der Waals surface area contributed by atoms with Crippen LogP contribution in [0.3, 0.4) is 0 Å². The smallest absolute Gasteiger partial charge is 0.0208 e. The van der Waals surface area contributed by atoms with Gasteiger partial charge in [-0.15, -0.1) is 0 Å². The molecule has 0 aliphatic rings. The van der Waals surface area contributed by atoms with Crippen molar-refractivity contribution in [3.63, 3.8) is 0 Å². The fourth-order valence-electron chi connectivity index (χ4n) is 4.79. The fraction of sp³-hybridized carbons (Fsp3) is 0.419. The van der Waals surface area contributed by atoms with Gasteiger partial charge in [-0.25, -0.2) is 0 Å². The number of hydrogen-bond acceptors (Lipinski definition) is 4. The third-order valence-electron chi connectivity index (χ3n) is 6.85. The van der Waals surface area contributed by atoms with Crippen LogP contribution in [-0.2, 0) is 6.54 Å². The molecule has 0 aliphatic heterocycles. The summed E-state index contributed by atoms with van der Waals surface area (Å²) in [5.41, 5.74) is 1.34. The zero-order valence-electron chi connectivity index (χ0n) is 22.7. The molecule has 0 bridgehead atoms. The van der Waals surface area contributed by atoms with E-state index in [0.717, 1.165) is 32.4 Å². The van der Waals surface area contributed by atoms with Crippen LogP contribution in [0.2, 0.25) is 0 Å². The van der Waals surface area contributed by atoms with Crippen molar-refractivity contribution in [3.05, 3.63) is 90.5 Å². The zero-order valence-corrected chi connectivity index (χ0v) is 23.6. The summed E-state index contributed by atoms with van der Waals surface area (Å²) in [6.07, 6.45) is 3.38. The molecule has 5 heteroatoms. The molecule has 0 aromatic heterocycles. The second kappa shape index (κ2) is 15.2. The van der Waals surface area contributed by atoms with Gasteiger partial charge in [-0.05, 0) is 76.9 Å². The first-order valence-electron chi connectivity index (χ1n) is 13.3. The molecule has 3 aromatic rings. The van der Waals surface area contributed by atoms with Crippen molar-refractivity contribution >= 4 is 23.8 Å². The minimum Gasteiger partial charge on any atom is -0.317 e. The van der Waals surface area contributed by atoms with Crippen molar-refractivity contribution in [1.82, 2.24) is 20.9 Å². The third kappa shape index (κ3) is 8.80. The number of rotatable bonds is 15. The Kier molecular flexibility index (Phi) is 12.1. The monoisotopic (exact) mass is 504 g/mol. The van der Waals surface area contributed by atoms with Gasteiger partial charge in [-0.3, -0.25) is 0 Å². The van der Waals surface area contributed by atoms with Gasteiger partial charge in [-0.1, -0.05) is 91.9 Å². The predicted molar refractivity (Wildman–Crippen MR) is 160 cm³/mol. The van der Waals surface area contributed by atoms with Crippen LogP contribution in [0.5, 0.6) is 0 Å². The van der Waals surface area contributed by atoms with Crippen LogP contribution < -0.4 is 31.9 Å². The Morgan fingerprint density at radius 2 is 1.17 bits per heavy atom. The standard InChI is InChI=1S/C31H45N4P/c1-6-26(32-2)21-27(22-28(33-3)24-35(4)5)34-23-25-17-19-31(20-18-25)36(29-13-9-7-10-14-29)30-15-11-8-12-16-30/h7-20,26-28,32-34H,6,21-24H2,1-5H3. The highest BCUT2D eigenvalue weighted by molar-refractivity contribution is 7.79. The number of nitrogens with one attached hydrogen (secondary N) is 3. The van der Waals surface area contributed by atoms with Gasteiger partial charge in [0.25, 0.3) is 0 Å². The topological polar surface area (TPSA) is 39.3 Å². The summed E-state index contributed by atoms with van der Waals surface area (Å²) < 4.78 is 0. The summed E-state index contributed by atoms with van der Waals surface area (Å²) in [4.78, 5) is 2.27.